The predicted molar refractivity (Wildman–Crippen MR) is 197 cm³/mol. The molecule has 0 spiro atoms. The van der Waals surface area contributed by atoms with E-state index in [1.54, 1.807) is 0 Å². The molecule has 4 aliphatic carbocycles. The van der Waals surface area contributed by atoms with Gasteiger partial charge in [-0.2, -0.15) is 0 Å². The molecule has 3 nitrogen and oxygen atoms in total. The third-order valence-corrected chi connectivity index (χ3v) is 14.0. The van der Waals surface area contributed by atoms with E-state index in [0.29, 0.717) is 19.8 Å². The molecule has 0 N–H and O–H groups in total. The molecule has 268 valence electrons. The van der Waals surface area contributed by atoms with Crippen molar-refractivity contribution in [2.45, 2.75) is 156 Å². The lowest BCUT2D eigenvalue weighted by molar-refractivity contribution is 0.0216. The number of ether oxygens (including phenoxy) is 3. The first-order valence-electron chi connectivity index (χ1n) is 20.9. The third kappa shape index (κ3) is 11.8. The number of benzene rings is 1. The lowest BCUT2D eigenvalue weighted by Gasteiger charge is -2.21. The van der Waals surface area contributed by atoms with Crippen LogP contribution in [-0.4, -0.2) is 26.4 Å². The van der Waals surface area contributed by atoms with Crippen LogP contribution in [0.25, 0.3) is 0 Å². The SMILES string of the molecule is CCC1CCC(CCC2CC(CC)C(COCCOCc3ccc(COCC4CC(CC)CC4CCC4CCC(CC)C4)cc3)C2)C1. The maximum absolute atomic E-state index is 6.36. The molecule has 10 atom stereocenters. The van der Waals surface area contributed by atoms with Crippen LogP contribution in [0.1, 0.15) is 154 Å². The van der Waals surface area contributed by atoms with Gasteiger partial charge in [0, 0.05) is 6.61 Å². The van der Waals surface area contributed by atoms with Crippen LogP contribution in [0.2, 0.25) is 0 Å². The third-order valence-electron chi connectivity index (χ3n) is 14.0. The van der Waals surface area contributed by atoms with Crippen molar-refractivity contribution in [2.24, 2.45) is 59.2 Å². The van der Waals surface area contributed by atoms with Crippen molar-refractivity contribution in [2.75, 3.05) is 26.4 Å². The Morgan fingerprint density at radius 3 is 1.51 bits per heavy atom. The van der Waals surface area contributed by atoms with Crippen LogP contribution in [0.3, 0.4) is 0 Å². The van der Waals surface area contributed by atoms with Crippen LogP contribution < -0.4 is 0 Å². The highest BCUT2D eigenvalue weighted by Crippen LogP contribution is 2.45. The number of rotatable bonds is 21. The lowest BCUT2D eigenvalue weighted by atomic mass is 9.87. The standard InChI is InChI=1S/C44H74O3/c1-5-33-9-11-36(23-33)13-18-40-27-41(8-4)43(28-40)31-46-22-21-45-29-38-14-16-39(17-15-38)30-47-32-44-26-35(7-3)25-42(44)20-19-37-12-10-34(6-2)24-37/h14-17,33-37,40-44H,5-13,18-32H2,1-4H3. The maximum Gasteiger partial charge on any atom is 0.0718 e. The highest BCUT2D eigenvalue weighted by Gasteiger charge is 2.35. The zero-order valence-corrected chi connectivity index (χ0v) is 31.3. The van der Waals surface area contributed by atoms with Crippen molar-refractivity contribution in [3.63, 3.8) is 0 Å². The van der Waals surface area contributed by atoms with E-state index in [4.69, 9.17) is 14.2 Å². The summed E-state index contributed by atoms with van der Waals surface area (Å²) in [6, 6.07) is 8.90. The Balaban J connectivity index is 0.913. The topological polar surface area (TPSA) is 27.7 Å². The molecule has 0 heterocycles. The molecule has 1 aromatic rings. The summed E-state index contributed by atoms with van der Waals surface area (Å²) in [6.07, 6.45) is 25.9. The molecule has 4 fully saturated rings. The lowest BCUT2D eigenvalue weighted by Crippen LogP contribution is -2.16. The van der Waals surface area contributed by atoms with Crippen molar-refractivity contribution in [1.29, 1.82) is 0 Å². The van der Waals surface area contributed by atoms with Crippen molar-refractivity contribution in [1.82, 2.24) is 0 Å². The average Bonchev–Trinajstić information content (AvgIpc) is 3.91. The molecular formula is C44H74O3. The Labute approximate surface area is 291 Å². The van der Waals surface area contributed by atoms with Gasteiger partial charge in [-0.15, -0.1) is 0 Å². The van der Waals surface area contributed by atoms with Gasteiger partial charge in [-0.1, -0.05) is 123 Å². The molecule has 47 heavy (non-hydrogen) atoms. The van der Waals surface area contributed by atoms with E-state index in [2.05, 4.69) is 52.0 Å². The fraction of sp³-hybridized carbons (Fsp3) is 0.864. The predicted octanol–water partition coefficient (Wildman–Crippen LogP) is 12.1. The highest BCUT2D eigenvalue weighted by molar-refractivity contribution is 5.21. The second-order valence-corrected chi connectivity index (χ2v) is 17.1. The molecule has 3 heteroatoms. The van der Waals surface area contributed by atoms with Crippen LogP contribution in [-0.2, 0) is 27.4 Å². The molecule has 5 rings (SSSR count). The minimum Gasteiger partial charge on any atom is -0.379 e. The fourth-order valence-electron chi connectivity index (χ4n) is 10.7. The van der Waals surface area contributed by atoms with Crippen molar-refractivity contribution < 1.29 is 14.2 Å². The van der Waals surface area contributed by atoms with Gasteiger partial charge in [0.2, 0.25) is 0 Å². The summed E-state index contributed by atoms with van der Waals surface area (Å²) < 4.78 is 18.5. The Morgan fingerprint density at radius 1 is 0.426 bits per heavy atom. The molecule has 4 saturated carbocycles. The summed E-state index contributed by atoms with van der Waals surface area (Å²) in [5, 5.41) is 0. The van der Waals surface area contributed by atoms with Crippen molar-refractivity contribution >= 4 is 0 Å². The molecule has 0 radical (unpaired) electrons. The summed E-state index contributed by atoms with van der Waals surface area (Å²) in [5.41, 5.74) is 2.52. The van der Waals surface area contributed by atoms with E-state index >= 15 is 0 Å². The first kappa shape index (κ1) is 37.4. The molecule has 0 aromatic heterocycles. The molecule has 0 aliphatic heterocycles. The van der Waals surface area contributed by atoms with Crippen LogP contribution in [0.4, 0.5) is 0 Å². The summed E-state index contributed by atoms with van der Waals surface area (Å²) >= 11 is 0. The van der Waals surface area contributed by atoms with Gasteiger partial charge in [0.1, 0.15) is 0 Å². The van der Waals surface area contributed by atoms with Gasteiger partial charge in [-0.25, -0.2) is 0 Å². The smallest absolute Gasteiger partial charge is 0.0718 e. The van der Waals surface area contributed by atoms with Gasteiger partial charge >= 0.3 is 0 Å². The van der Waals surface area contributed by atoms with Gasteiger partial charge in [0.15, 0.2) is 0 Å². The van der Waals surface area contributed by atoms with E-state index in [1.807, 2.05) is 0 Å². The summed E-state index contributed by atoms with van der Waals surface area (Å²) in [7, 11) is 0. The zero-order valence-electron chi connectivity index (χ0n) is 31.3. The molecule has 4 aliphatic rings. The van der Waals surface area contributed by atoms with E-state index in [9.17, 15) is 0 Å². The van der Waals surface area contributed by atoms with Crippen molar-refractivity contribution in [3.8, 4) is 0 Å². The fourth-order valence-corrected chi connectivity index (χ4v) is 10.7. The van der Waals surface area contributed by atoms with Gasteiger partial charge in [-0.05, 0) is 115 Å². The molecular weight excluding hydrogens is 576 g/mol. The Morgan fingerprint density at radius 2 is 0.894 bits per heavy atom. The first-order chi connectivity index (χ1) is 23.1. The molecule has 10 unspecified atom stereocenters. The van der Waals surface area contributed by atoms with E-state index < -0.39 is 0 Å². The minimum absolute atomic E-state index is 0.662. The maximum atomic E-state index is 6.36. The zero-order chi connectivity index (χ0) is 32.8. The summed E-state index contributed by atoms with van der Waals surface area (Å²) in [5.74, 6) is 9.16. The molecule has 1 aromatic carbocycles. The van der Waals surface area contributed by atoms with Crippen molar-refractivity contribution in [3.05, 3.63) is 35.4 Å². The van der Waals surface area contributed by atoms with Gasteiger partial charge < -0.3 is 14.2 Å². The minimum atomic E-state index is 0.662. The van der Waals surface area contributed by atoms with Crippen LogP contribution in [0, 0.1) is 59.2 Å². The highest BCUT2D eigenvalue weighted by atomic mass is 16.5. The van der Waals surface area contributed by atoms with Crippen LogP contribution in [0.15, 0.2) is 24.3 Å². The number of hydrogen-bond donors (Lipinski definition) is 0. The summed E-state index contributed by atoms with van der Waals surface area (Å²) in [4.78, 5) is 0. The van der Waals surface area contributed by atoms with Crippen LogP contribution in [0.5, 0.6) is 0 Å². The Kier molecular flexibility index (Phi) is 16.0. The molecule has 0 amide bonds. The van der Waals surface area contributed by atoms with E-state index in [1.165, 1.54) is 127 Å². The quantitative estimate of drug-likeness (QED) is 0.124. The largest absolute Gasteiger partial charge is 0.379 e. The Bertz CT molecular complexity index is 975. The number of hydrogen-bond acceptors (Lipinski definition) is 3. The second kappa shape index (κ2) is 20.1. The second-order valence-electron chi connectivity index (χ2n) is 17.1. The Hall–Kier alpha value is -0.900. The van der Waals surface area contributed by atoms with Gasteiger partial charge in [-0.3, -0.25) is 0 Å². The average molecular weight is 651 g/mol. The van der Waals surface area contributed by atoms with E-state index in [-0.39, 0.29) is 0 Å². The first-order valence-corrected chi connectivity index (χ1v) is 20.9. The molecule has 0 bridgehead atoms. The molecule has 0 saturated heterocycles. The normalized spacial score (nSPS) is 34.1. The van der Waals surface area contributed by atoms with E-state index in [0.717, 1.165) is 79.0 Å². The van der Waals surface area contributed by atoms with Gasteiger partial charge in [0.05, 0.1) is 33.0 Å². The van der Waals surface area contributed by atoms with Gasteiger partial charge in [0.25, 0.3) is 0 Å². The summed E-state index contributed by atoms with van der Waals surface area (Å²) in [6.45, 7) is 14.2. The van der Waals surface area contributed by atoms with Crippen LogP contribution >= 0.6 is 0 Å². The monoisotopic (exact) mass is 651 g/mol.